The highest BCUT2D eigenvalue weighted by Gasteiger charge is 2.05. The highest BCUT2D eigenvalue weighted by Crippen LogP contribution is 2.01. The summed E-state index contributed by atoms with van der Waals surface area (Å²) in [4.78, 5) is 4.05. The molecule has 0 amide bonds. The first kappa shape index (κ1) is 8.16. The first-order chi connectivity index (χ1) is 5.24. The summed E-state index contributed by atoms with van der Waals surface area (Å²) in [7, 11) is 0. The third-order valence-corrected chi connectivity index (χ3v) is 1.30. The molecule has 4 N–H and O–H groups in total. The molecule has 0 aliphatic rings. The van der Waals surface area contributed by atoms with Crippen molar-refractivity contribution in [3.8, 4) is 0 Å². The largest absolute Gasteiger partial charge is 0.396 e. The maximum atomic E-state index is 8.55. The van der Waals surface area contributed by atoms with E-state index in [1.807, 2.05) is 6.92 Å². The Morgan fingerprint density at radius 3 is 2.91 bits per heavy atom. The van der Waals surface area contributed by atoms with E-state index in [1.165, 1.54) is 0 Å². The van der Waals surface area contributed by atoms with Crippen LogP contribution in [0, 0.1) is 0 Å². The number of aliphatic hydroxyl groups excluding tert-OH is 1. The van der Waals surface area contributed by atoms with Crippen LogP contribution >= 0.6 is 0 Å². The predicted molar refractivity (Wildman–Crippen MR) is 39.8 cm³/mol. The Bertz CT molecular complexity index is 220. The van der Waals surface area contributed by atoms with E-state index in [1.54, 1.807) is 0 Å². The Hall–Kier alpha value is -0.940. The van der Waals surface area contributed by atoms with Gasteiger partial charge in [-0.3, -0.25) is 5.10 Å². The molecule has 5 nitrogen and oxygen atoms in total. The van der Waals surface area contributed by atoms with E-state index in [9.17, 15) is 0 Å². The summed E-state index contributed by atoms with van der Waals surface area (Å²) in [6.45, 7) is 1.89. The van der Waals surface area contributed by atoms with E-state index in [0.717, 1.165) is 0 Å². The topological polar surface area (TPSA) is 87.8 Å². The molecular weight excluding hydrogens is 144 g/mol. The van der Waals surface area contributed by atoms with Gasteiger partial charge in [0.25, 0.3) is 0 Å². The number of nitrogens with zero attached hydrogens (tertiary/aromatic N) is 2. The lowest BCUT2D eigenvalue weighted by atomic mass is 10.3. The van der Waals surface area contributed by atoms with Crippen LogP contribution in [-0.2, 0) is 6.42 Å². The summed E-state index contributed by atoms with van der Waals surface area (Å²) >= 11 is 0. The molecule has 11 heavy (non-hydrogen) atoms. The molecule has 1 aromatic heterocycles. The fraction of sp³-hybridized carbons (Fsp3) is 0.667. The summed E-state index contributed by atoms with van der Waals surface area (Å²) in [6, 6.07) is -0.154. The van der Waals surface area contributed by atoms with Crippen LogP contribution in [0.15, 0.2) is 0 Å². The molecule has 0 bridgehead atoms. The minimum Gasteiger partial charge on any atom is -0.396 e. The lowest BCUT2D eigenvalue weighted by Crippen LogP contribution is -2.07. The monoisotopic (exact) mass is 156 g/mol. The normalized spacial score (nSPS) is 13.4. The number of nitrogens with two attached hydrogens (primary N) is 1. The van der Waals surface area contributed by atoms with Gasteiger partial charge in [-0.2, -0.15) is 5.10 Å². The Morgan fingerprint density at radius 2 is 2.45 bits per heavy atom. The standard InChI is InChI=1S/C6H12N4O/c1-4(7)6-8-5(2-3-11)9-10-6/h4,11H,2-3,7H2,1H3,(H,8,9,10). The van der Waals surface area contributed by atoms with Crippen molar-refractivity contribution in [1.82, 2.24) is 15.2 Å². The van der Waals surface area contributed by atoms with E-state index in [-0.39, 0.29) is 12.6 Å². The van der Waals surface area contributed by atoms with Crippen molar-refractivity contribution < 1.29 is 5.11 Å². The SMILES string of the molecule is CC(N)c1n[nH]c(CCO)n1. The van der Waals surface area contributed by atoms with Crippen LogP contribution in [0.2, 0.25) is 0 Å². The van der Waals surface area contributed by atoms with Crippen molar-refractivity contribution in [2.24, 2.45) is 5.73 Å². The fourth-order valence-corrected chi connectivity index (χ4v) is 0.731. The van der Waals surface area contributed by atoms with Gasteiger partial charge in [0.15, 0.2) is 5.82 Å². The molecule has 1 atom stereocenters. The zero-order valence-electron chi connectivity index (χ0n) is 6.41. The van der Waals surface area contributed by atoms with Gasteiger partial charge in [0.05, 0.1) is 12.6 Å². The number of aliphatic hydroxyl groups is 1. The van der Waals surface area contributed by atoms with E-state index in [4.69, 9.17) is 10.8 Å². The van der Waals surface area contributed by atoms with Crippen molar-refractivity contribution in [2.45, 2.75) is 19.4 Å². The highest BCUT2D eigenvalue weighted by molar-refractivity contribution is 4.94. The Balaban J connectivity index is 2.66. The van der Waals surface area contributed by atoms with Gasteiger partial charge >= 0.3 is 0 Å². The number of aromatic nitrogens is 3. The number of hydrogen-bond acceptors (Lipinski definition) is 4. The molecule has 0 saturated heterocycles. The van der Waals surface area contributed by atoms with Gasteiger partial charge in [-0.05, 0) is 6.92 Å². The minimum atomic E-state index is -0.154. The molecule has 1 aromatic rings. The molecule has 0 aliphatic heterocycles. The second-order valence-corrected chi connectivity index (χ2v) is 2.40. The number of aromatic amines is 1. The van der Waals surface area contributed by atoms with Crippen molar-refractivity contribution >= 4 is 0 Å². The molecule has 1 heterocycles. The zero-order chi connectivity index (χ0) is 8.27. The molecule has 0 spiro atoms. The van der Waals surface area contributed by atoms with Gasteiger partial charge in [0.2, 0.25) is 0 Å². The van der Waals surface area contributed by atoms with Crippen LogP contribution < -0.4 is 5.73 Å². The third kappa shape index (κ3) is 1.99. The molecule has 0 fully saturated rings. The van der Waals surface area contributed by atoms with Crippen LogP contribution in [0.3, 0.4) is 0 Å². The van der Waals surface area contributed by atoms with Crippen LogP contribution in [0.4, 0.5) is 0 Å². The highest BCUT2D eigenvalue weighted by atomic mass is 16.3. The van der Waals surface area contributed by atoms with E-state index in [0.29, 0.717) is 18.1 Å². The van der Waals surface area contributed by atoms with E-state index >= 15 is 0 Å². The van der Waals surface area contributed by atoms with Gasteiger partial charge in [0, 0.05) is 6.42 Å². The Labute approximate surface area is 64.6 Å². The summed E-state index contributed by atoms with van der Waals surface area (Å²) in [5, 5.41) is 15.1. The van der Waals surface area contributed by atoms with Crippen LogP contribution in [-0.4, -0.2) is 26.9 Å². The van der Waals surface area contributed by atoms with E-state index < -0.39 is 0 Å². The molecule has 0 aliphatic carbocycles. The molecule has 0 radical (unpaired) electrons. The summed E-state index contributed by atoms with van der Waals surface area (Å²) < 4.78 is 0. The molecule has 62 valence electrons. The lowest BCUT2D eigenvalue weighted by molar-refractivity contribution is 0.296. The minimum absolute atomic E-state index is 0.0770. The summed E-state index contributed by atoms with van der Waals surface area (Å²) in [6.07, 6.45) is 0.500. The molecular formula is C6H12N4O. The van der Waals surface area contributed by atoms with Gasteiger partial charge in [-0.1, -0.05) is 0 Å². The smallest absolute Gasteiger partial charge is 0.167 e. The van der Waals surface area contributed by atoms with Crippen molar-refractivity contribution in [2.75, 3.05) is 6.61 Å². The first-order valence-electron chi connectivity index (χ1n) is 3.51. The van der Waals surface area contributed by atoms with Crippen molar-refractivity contribution in [3.63, 3.8) is 0 Å². The zero-order valence-corrected chi connectivity index (χ0v) is 6.41. The Morgan fingerprint density at radius 1 is 1.73 bits per heavy atom. The lowest BCUT2D eigenvalue weighted by Gasteiger charge is -1.94. The maximum absolute atomic E-state index is 8.55. The van der Waals surface area contributed by atoms with Gasteiger partial charge in [-0.15, -0.1) is 0 Å². The number of rotatable bonds is 3. The van der Waals surface area contributed by atoms with E-state index in [2.05, 4.69) is 15.2 Å². The second kappa shape index (κ2) is 3.45. The molecule has 1 unspecified atom stereocenters. The predicted octanol–water partition coefficient (Wildman–Crippen LogP) is -0.641. The van der Waals surface area contributed by atoms with Crippen LogP contribution in [0.25, 0.3) is 0 Å². The molecule has 0 aromatic carbocycles. The fourth-order valence-electron chi connectivity index (χ4n) is 0.731. The van der Waals surface area contributed by atoms with Crippen molar-refractivity contribution in [3.05, 3.63) is 11.6 Å². The maximum Gasteiger partial charge on any atom is 0.167 e. The van der Waals surface area contributed by atoms with Crippen LogP contribution in [0.1, 0.15) is 24.6 Å². The summed E-state index contributed by atoms with van der Waals surface area (Å²) in [5.74, 6) is 1.27. The molecule has 1 rings (SSSR count). The summed E-state index contributed by atoms with van der Waals surface area (Å²) in [5.41, 5.74) is 5.52. The average molecular weight is 156 g/mol. The third-order valence-electron chi connectivity index (χ3n) is 1.30. The number of nitrogens with one attached hydrogen (secondary N) is 1. The van der Waals surface area contributed by atoms with Gasteiger partial charge in [0.1, 0.15) is 5.82 Å². The molecule has 5 heteroatoms. The van der Waals surface area contributed by atoms with Crippen molar-refractivity contribution in [1.29, 1.82) is 0 Å². The number of H-pyrrole nitrogens is 1. The quantitative estimate of drug-likeness (QED) is 0.543. The Kier molecular flexibility index (Phi) is 2.56. The number of hydrogen-bond donors (Lipinski definition) is 3. The van der Waals surface area contributed by atoms with Gasteiger partial charge in [-0.25, -0.2) is 4.98 Å². The van der Waals surface area contributed by atoms with Gasteiger partial charge < -0.3 is 10.8 Å². The van der Waals surface area contributed by atoms with Crippen LogP contribution in [0.5, 0.6) is 0 Å². The first-order valence-corrected chi connectivity index (χ1v) is 3.51. The second-order valence-electron chi connectivity index (χ2n) is 2.40. The molecule has 0 saturated carbocycles. The average Bonchev–Trinajstić information content (AvgIpc) is 2.37.